The van der Waals surface area contributed by atoms with Crippen molar-refractivity contribution in [1.82, 2.24) is 4.31 Å². The van der Waals surface area contributed by atoms with Crippen molar-refractivity contribution < 1.29 is 16.8 Å². The van der Waals surface area contributed by atoms with Gasteiger partial charge in [0.15, 0.2) is 0 Å². The number of anilines is 1. The fourth-order valence-electron chi connectivity index (χ4n) is 2.47. The number of rotatable bonds is 8. The molecule has 0 atom stereocenters. The van der Waals surface area contributed by atoms with Gasteiger partial charge in [-0.15, -0.1) is 0 Å². The van der Waals surface area contributed by atoms with Gasteiger partial charge in [0, 0.05) is 19.3 Å². The predicted octanol–water partition coefficient (Wildman–Crippen LogP) is 3.52. The lowest BCUT2D eigenvalue weighted by Gasteiger charge is -2.17. The lowest BCUT2D eigenvalue weighted by molar-refractivity contribution is 0.459. The molecule has 0 saturated carbocycles. The van der Waals surface area contributed by atoms with Gasteiger partial charge >= 0.3 is 0 Å². The van der Waals surface area contributed by atoms with E-state index in [9.17, 15) is 16.8 Å². The highest BCUT2D eigenvalue weighted by molar-refractivity contribution is 7.92. The van der Waals surface area contributed by atoms with Gasteiger partial charge in [0.2, 0.25) is 10.0 Å². The first-order valence-electron chi connectivity index (χ1n) is 8.74. The number of nitrogens with one attached hydrogen (secondary N) is 1. The largest absolute Gasteiger partial charge is 0.280 e. The fourth-order valence-corrected chi connectivity index (χ4v) is 4.82. The van der Waals surface area contributed by atoms with Gasteiger partial charge in [-0.3, -0.25) is 4.72 Å². The number of sulfonamides is 2. The van der Waals surface area contributed by atoms with Crippen molar-refractivity contribution in [3.63, 3.8) is 0 Å². The molecule has 0 aliphatic rings. The number of aryl methyl sites for hydroxylation is 2. The Morgan fingerprint density at radius 3 is 2.04 bits per heavy atom. The van der Waals surface area contributed by atoms with E-state index < -0.39 is 20.0 Å². The predicted molar refractivity (Wildman–Crippen MR) is 108 cm³/mol. The summed E-state index contributed by atoms with van der Waals surface area (Å²) in [6.07, 6.45) is 1.68. The first kappa shape index (κ1) is 21.4. The molecule has 0 unspecified atom stereocenters. The van der Waals surface area contributed by atoms with Crippen LogP contribution in [0.15, 0.2) is 52.3 Å². The standard InChI is InChI=1S/C19H26N2O4S2/c1-5-6-13-21(4)27(24,25)18-11-8-17(9-12-18)20-26(22,23)19-10-7-15(2)16(3)14-19/h7-12,14,20H,5-6,13H2,1-4H3. The van der Waals surface area contributed by atoms with Crippen molar-refractivity contribution in [1.29, 1.82) is 0 Å². The fraction of sp³-hybridized carbons (Fsp3) is 0.368. The smallest absolute Gasteiger partial charge is 0.261 e. The summed E-state index contributed by atoms with van der Waals surface area (Å²) in [6.45, 7) is 6.20. The number of unbranched alkanes of at least 4 members (excludes halogenated alkanes) is 1. The number of hydrogen-bond acceptors (Lipinski definition) is 4. The average Bonchev–Trinajstić information content (AvgIpc) is 2.61. The minimum absolute atomic E-state index is 0.134. The first-order valence-corrected chi connectivity index (χ1v) is 11.7. The molecule has 0 amide bonds. The molecule has 6 nitrogen and oxygen atoms in total. The Morgan fingerprint density at radius 1 is 0.889 bits per heavy atom. The normalized spacial score (nSPS) is 12.3. The van der Waals surface area contributed by atoms with Gasteiger partial charge < -0.3 is 0 Å². The Balaban J connectivity index is 2.21. The summed E-state index contributed by atoms with van der Waals surface area (Å²) in [7, 11) is -5.77. The highest BCUT2D eigenvalue weighted by Crippen LogP contribution is 2.21. The molecular weight excluding hydrogens is 384 g/mol. The molecule has 8 heteroatoms. The molecule has 0 radical (unpaired) electrons. The van der Waals surface area contributed by atoms with Gasteiger partial charge in [-0.2, -0.15) is 0 Å². The Hall–Kier alpha value is -1.90. The molecule has 0 aliphatic heterocycles. The van der Waals surface area contributed by atoms with E-state index in [1.54, 1.807) is 25.2 Å². The van der Waals surface area contributed by atoms with Gasteiger partial charge in [-0.25, -0.2) is 21.1 Å². The highest BCUT2D eigenvalue weighted by atomic mass is 32.2. The van der Waals surface area contributed by atoms with Gasteiger partial charge in [0.25, 0.3) is 10.0 Å². The van der Waals surface area contributed by atoms with E-state index in [1.165, 1.54) is 28.6 Å². The summed E-state index contributed by atoms with van der Waals surface area (Å²) in [5.41, 5.74) is 2.20. The van der Waals surface area contributed by atoms with Crippen LogP contribution in [0, 0.1) is 13.8 Å². The molecule has 2 aromatic rings. The van der Waals surface area contributed by atoms with Crippen molar-refractivity contribution in [2.24, 2.45) is 0 Å². The molecule has 2 aromatic carbocycles. The third-order valence-corrected chi connectivity index (χ3v) is 7.68. The van der Waals surface area contributed by atoms with Crippen LogP contribution in [0.1, 0.15) is 30.9 Å². The molecule has 2 rings (SSSR count). The van der Waals surface area contributed by atoms with Crippen LogP contribution in [0.2, 0.25) is 0 Å². The zero-order valence-corrected chi connectivity index (χ0v) is 17.7. The second-order valence-electron chi connectivity index (χ2n) is 6.56. The zero-order chi connectivity index (χ0) is 20.2. The second kappa shape index (κ2) is 8.41. The lowest BCUT2D eigenvalue weighted by Crippen LogP contribution is -2.27. The highest BCUT2D eigenvalue weighted by Gasteiger charge is 2.21. The van der Waals surface area contributed by atoms with E-state index in [-0.39, 0.29) is 9.79 Å². The van der Waals surface area contributed by atoms with Crippen LogP contribution in [0.25, 0.3) is 0 Å². The summed E-state index contributed by atoms with van der Waals surface area (Å²) in [5.74, 6) is 0. The van der Waals surface area contributed by atoms with Gasteiger partial charge in [-0.1, -0.05) is 19.4 Å². The van der Waals surface area contributed by atoms with E-state index in [4.69, 9.17) is 0 Å². The number of nitrogens with zero attached hydrogens (tertiary/aromatic N) is 1. The zero-order valence-electron chi connectivity index (χ0n) is 16.1. The number of benzene rings is 2. The van der Waals surface area contributed by atoms with E-state index in [0.717, 1.165) is 24.0 Å². The van der Waals surface area contributed by atoms with E-state index >= 15 is 0 Å². The number of hydrogen-bond donors (Lipinski definition) is 1. The molecule has 0 spiro atoms. The molecule has 148 valence electrons. The Bertz CT molecular complexity index is 999. The third-order valence-electron chi connectivity index (χ3n) is 4.43. The van der Waals surface area contributed by atoms with Gasteiger partial charge in [0.05, 0.1) is 9.79 Å². The van der Waals surface area contributed by atoms with Crippen molar-refractivity contribution in [2.45, 2.75) is 43.4 Å². The Kier molecular flexibility index (Phi) is 6.67. The van der Waals surface area contributed by atoms with Crippen LogP contribution in [0.5, 0.6) is 0 Å². The molecule has 0 aromatic heterocycles. The molecule has 27 heavy (non-hydrogen) atoms. The van der Waals surface area contributed by atoms with E-state index in [1.807, 2.05) is 20.8 Å². The average molecular weight is 411 g/mol. The first-order chi connectivity index (χ1) is 12.6. The molecular formula is C19H26N2O4S2. The van der Waals surface area contributed by atoms with Crippen LogP contribution < -0.4 is 4.72 Å². The van der Waals surface area contributed by atoms with E-state index in [0.29, 0.717) is 12.2 Å². The van der Waals surface area contributed by atoms with Crippen molar-refractivity contribution in [3.05, 3.63) is 53.6 Å². The van der Waals surface area contributed by atoms with Crippen molar-refractivity contribution >= 4 is 25.7 Å². The molecule has 0 saturated heterocycles. The molecule has 0 heterocycles. The topological polar surface area (TPSA) is 83.6 Å². The summed E-state index contributed by atoms with van der Waals surface area (Å²) in [5, 5.41) is 0. The van der Waals surface area contributed by atoms with Crippen LogP contribution in [-0.2, 0) is 20.0 Å². The minimum Gasteiger partial charge on any atom is -0.280 e. The Morgan fingerprint density at radius 2 is 1.48 bits per heavy atom. The maximum absolute atomic E-state index is 12.5. The Labute approximate surface area is 162 Å². The molecule has 0 fully saturated rings. The van der Waals surface area contributed by atoms with Crippen LogP contribution in [0.4, 0.5) is 5.69 Å². The molecule has 0 bridgehead atoms. The van der Waals surface area contributed by atoms with Gasteiger partial charge in [0.1, 0.15) is 0 Å². The van der Waals surface area contributed by atoms with Crippen LogP contribution in [0.3, 0.4) is 0 Å². The van der Waals surface area contributed by atoms with Crippen LogP contribution in [-0.4, -0.2) is 34.7 Å². The monoisotopic (exact) mass is 410 g/mol. The minimum atomic E-state index is -3.74. The maximum Gasteiger partial charge on any atom is 0.261 e. The van der Waals surface area contributed by atoms with Gasteiger partial charge in [-0.05, 0) is 67.8 Å². The van der Waals surface area contributed by atoms with Crippen molar-refractivity contribution in [3.8, 4) is 0 Å². The van der Waals surface area contributed by atoms with E-state index in [2.05, 4.69) is 4.72 Å². The lowest BCUT2D eigenvalue weighted by atomic mass is 10.1. The SMILES string of the molecule is CCCCN(C)S(=O)(=O)c1ccc(NS(=O)(=O)c2ccc(C)c(C)c2)cc1. The molecule has 0 aliphatic carbocycles. The third kappa shape index (κ3) is 5.09. The summed E-state index contributed by atoms with van der Waals surface area (Å²) in [6, 6.07) is 10.7. The van der Waals surface area contributed by atoms with Crippen molar-refractivity contribution in [2.75, 3.05) is 18.3 Å². The summed E-state index contributed by atoms with van der Waals surface area (Å²) < 4.78 is 53.9. The summed E-state index contributed by atoms with van der Waals surface area (Å²) in [4.78, 5) is 0.303. The van der Waals surface area contributed by atoms with Crippen LogP contribution >= 0.6 is 0 Å². The summed E-state index contributed by atoms with van der Waals surface area (Å²) >= 11 is 0. The quantitative estimate of drug-likeness (QED) is 0.722. The maximum atomic E-state index is 12.5. The second-order valence-corrected chi connectivity index (χ2v) is 10.3. The molecule has 1 N–H and O–H groups in total.